The fourth-order valence-corrected chi connectivity index (χ4v) is 4.01. The minimum atomic E-state index is -1.15. The van der Waals surface area contributed by atoms with E-state index in [4.69, 9.17) is 30.9 Å². The maximum atomic E-state index is 12.7. The third kappa shape index (κ3) is 8.41. The zero-order chi connectivity index (χ0) is 23.8. The Balaban J connectivity index is 2.25. The Bertz CT molecular complexity index is 800. The highest BCUT2D eigenvalue weighted by Crippen LogP contribution is 2.31. The Labute approximate surface area is 192 Å². The molecule has 8 nitrogen and oxygen atoms in total. The van der Waals surface area contributed by atoms with Gasteiger partial charge in [-0.05, 0) is 38.7 Å². The Kier molecular flexibility index (Phi) is 9.93. The summed E-state index contributed by atoms with van der Waals surface area (Å²) in [4.78, 5) is 35.1. The van der Waals surface area contributed by atoms with Crippen molar-refractivity contribution in [1.82, 2.24) is 0 Å². The molecule has 2 aliphatic heterocycles. The van der Waals surface area contributed by atoms with Gasteiger partial charge in [-0.1, -0.05) is 35.4 Å². The Morgan fingerprint density at radius 3 is 2.72 bits per heavy atom. The molecule has 32 heavy (non-hydrogen) atoms. The van der Waals surface area contributed by atoms with Crippen molar-refractivity contribution in [2.75, 3.05) is 0 Å². The fourth-order valence-electron chi connectivity index (χ4n) is 3.81. The van der Waals surface area contributed by atoms with Gasteiger partial charge in [0.15, 0.2) is 0 Å². The molecule has 1 unspecified atom stereocenters. The van der Waals surface area contributed by atoms with Crippen molar-refractivity contribution in [3.63, 3.8) is 0 Å². The first kappa shape index (κ1) is 26.1. The summed E-state index contributed by atoms with van der Waals surface area (Å²) in [5.74, 6) is -2.10. The lowest BCUT2D eigenvalue weighted by molar-refractivity contribution is -0.159. The zero-order valence-electron chi connectivity index (χ0n) is 18.6. The summed E-state index contributed by atoms with van der Waals surface area (Å²) in [6.07, 6.45) is 3.01. The van der Waals surface area contributed by atoms with Gasteiger partial charge in [-0.15, -0.1) is 0 Å². The second kappa shape index (κ2) is 12.2. The molecule has 0 radical (unpaired) electrons. The van der Waals surface area contributed by atoms with Gasteiger partial charge in [-0.3, -0.25) is 14.4 Å². The van der Waals surface area contributed by atoms with E-state index < -0.39 is 42.3 Å². The highest BCUT2D eigenvalue weighted by molar-refractivity contribution is 6.29. The van der Waals surface area contributed by atoms with Crippen LogP contribution >= 0.6 is 11.6 Å². The molecule has 2 N–H and O–H groups in total. The number of carboxylic acid groups (broad SMARTS) is 1. The summed E-state index contributed by atoms with van der Waals surface area (Å²) < 4.78 is 16.9. The van der Waals surface area contributed by atoms with E-state index in [0.717, 1.165) is 0 Å². The van der Waals surface area contributed by atoms with Gasteiger partial charge in [0.2, 0.25) is 0 Å². The van der Waals surface area contributed by atoms with Crippen LogP contribution in [0.5, 0.6) is 0 Å². The molecule has 0 aromatic rings. The van der Waals surface area contributed by atoms with Gasteiger partial charge in [0.05, 0.1) is 18.9 Å². The highest BCUT2D eigenvalue weighted by Gasteiger charge is 2.41. The summed E-state index contributed by atoms with van der Waals surface area (Å²) in [5, 5.41) is 20.3. The van der Waals surface area contributed by atoms with Gasteiger partial charge in [0.1, 0.15) is 24.4 Å². The van der Waals surface area contributed by atoms with Crippen molar-refractivity contribution in [3.8, 4) is 0 Å². The highest BCUT2D eigenvalue weighted by atomic mass is 35.5. The molecule has 2 rings (SSSR count). The molecule has 0 aromatic heterocycles. The number of esters is 2. The monoisotopic (exact) mass is 470 g/mol. The summed E-state index contributed by atoms with van der Waals surface area (Å²) in [7, 11) is 0. The standard InChI is InChI=1S/C23H31ClO8/c1-13(10-21(27)28)9-18(26)23-20-11-17(31-23)8-7-16(24)6-4-5-14(2)19(30-15(3)25)12-22(29)32-20/h5-6,9,17-20,23,26H,4,7-8,10-12H2,1-3H3,(H,27,28)/b13-9+,14-5?,16-6+/t17-,18-,19?,20-,23-/m0/s1. The first-order valence-corrected chi connectivity index (χ1v) is 11.0. The van der Waals surface area contributed by atoms with Crippen LogP contribution in [-0.4, -0.2) is 58.6 Å². The lowest BCUT2D eigenvalue weighted by Gasteiger charge is -2.24. The van der Waals surface area contributed by atoms with Gasteiger partial charge >= 0.3 is 17.9 Å². The number of carboxylic acids is 1. The summed E-state index contributed by atoms with van der Waals surface area (Å²) in [5.41, 5.74) is 1.17. The Hall–Kier alpha value is -2.16. The summed E-state index contributed by atoms with van der Waals surface area (Å²) >= 11 is 6.32. The second-order valence-electron chi connectivity index (χ2n) is 8.24. The van der Waals surface area contributed by atoms with E-state index in [1.165, 1.54) is 13.0 Å². The number of hydrogen-bond acceptors (Lipinski definition) is 7. The van der Waals surface area contributed by atoms with E-state index in [-0.39, 0.29) is 18.9 Å². The van der Waals surface area contributed by atoms with E-state index >= 15 is 0 Å². The van der Waals surface area contributed by atoms with Crippen molar-refractivity contribution in [1.29, 1.82) is 0 Å². The number of ether oxygens (including phenoxy) is 3. The van der Waals surface area contributed by atoms with Crippen LogP contribution in [0.25, 0.3) is 0 Å². The smallest absolute Gasteiger partial charge is 0.310 e. The second-order valence-corrected chi connectivity index (χ2v) is 8.72. The van der Waals surface area contributed by atoms with Crippen molar-refractivity contribution in [2.24, 2.45) is 0 Å². The molecule has 2 heterocycles. The third-order valence-electron chi connectivity index (χ3n) is 5.37. The Morgan fingerprint density at radius 1 is 1.34 bits per heavy atom. The van der Waals surface area contributed by atoms with E-state index in [9.17, 15) is 19.5 Å². The predicted octanol–water partition coefficient (Wildman–Crippen LogP) is 3.41. The number of fused-ring (bicyclic) bond motifs is 2. The number of rotatable bonds is 5. The van der Waals surface area contributed by atoms with Gasteiger partial charge < -0.3 is 24.4 Å². The number of carbonyl (C=O) groups excluding carboxylic acids is 2. The molecular weight excluding hydrogens is 440 g/mol. The molecule has 0 aliphatic carbocycles. The van der Waals surface area contributed by atoms with E-state index in [2.05, 4.69) is 0 Å². The minimum Gasteiger partial charge on any atom is -0.481 e. The largest absolute Gasteiger partial charge is 0.481 e. The zero-order valence-corrected chi connectivity index (χ0v) is 19.3. The van der Waals surface area contributed by atoms with Crippen molar-refractivity contribution >= 4 is 29.5 Å². The molecule has 5 atom stereocenters. The topological polar surface area (TPSA) is 119 Å². The number of hydrogen-bond donors (Lipinski definition) is 2. The molecule has 0 aromatic carbocycles. The van der Waals surface area contributed by atoms with Crippen molar-refractivity contribution < 1.29 is 38.8 Å². The van der Waals surface area contributed by atoms with Crippen LogP contribution in [0.1, 0.15) is 59.3 Å². The summed E-state index contributed by atoms with van der Waals surface area (Å²) in [6, 6.07) is 0. The molecule has 0 spiro atoms. The average molecular weight is 471 g/mol. The van der Waals surface area contributed by atoms with Crippen molar-refractivity contribution in [2.45, 2.75) is 89.8 Å². The third-order valence-corrected chi connectivity index (χ3v) is 5.71. The lowest BCUT2D eigenvalue weighted by Crippen LogP contribution is -2.37. The molecule has 9 heteroatoms. The number of allylic oxidation sites excluding steroid dienone is 3. The average Bonchev–Trinajstić information content (AvgIpc) is 3.06. The molecule has 1 fully saturated rings. The molecule has 1 saturated heterocycles. The van der Waals surface area contributed by atoms with E-state index in [0.29, 0.717) is 41.9 Å². The Morgan fingerprint density at radius 2 is 2.06 bits per heavy atom. The van der Waals surface area contributed by atoms with Crippen LogP contribution in [-0.2, 0) is 28.6 Å². The number of halogens is 1. The van der Waals surface area contributed by atoms with E-state index in [1.54, 1.807) is 13.8 Å². The number of aliphatic hydroxyl groups is 1. The van der Waals surface area contributed by atoms with E-state index in [1.807, 2.05) is 12.2 Å². The molecule has 2 bridgehead atoms. The maximum absolute atomic E-state index is 12.7. The normalized spacial score (nSPS) is 30.3. The van der Waals surface area contributed by atoms with Gasteiger partial charge in [-0.2, -0.15) is 0 Å². The molecular formula is C23H31ClO8. The molecule has 0 saturated carbocycles. The summed E-state index contributed by atoms with van der Waals surface area (Å²) in [6.45, 7) is 4.64. The molecule has 178 valence electrons. The number of aliphatic carboxylic acids is 1. The number of carbonyl (C=O) groups is 3. The molecule has 0 amide bonds. The number of aliphatic hydroxyl groups excluding tert-OH is 1. The van der Waals surface area contributed by atoms with Gasteiger partial charge in [0.25, 0.3) is 0 Å². The van der Waals surface area contributed by atoms with Crippen molar-refractivity contribution in [3.05, 3.63) is 34.4 Å². The van der Waals surface area contributed by atoms with Crippen LogP contribution in [0.4, 0.5) is 0 Å². The van der Waals surface area contributed by atoms with Crippen LogP contribution < -0.4 is 0 Å². The lowest BCUT2D eigenvalue weighted by atomic mass is 10.0. The SMILES string of the molecule is CC(=O)OC1CC(=O)O[C@H]2C[C@H](CC/C(Cl)=C\CC=C1C)O[C@H]2[C@@H](O)/C=C(\C)CC(=O)O. The quantitative estimate of drug-likeness (QED) is 0.463. The first-order chi connectivity index (χ1) is 15.0. The fraction of sp³-hybridized carbons (Fsp3) is 0.609. The molecule has 2 aliphatic rings. The maximum Gasteiger partial charge on any atom is 0.310 e. The van der Waals surface area contributed by atoms with Gasteiger partial charge in [-0.25, -0.2) is 0 Å². The van der Waals surface area contributed by atoms with Crippen LogP contribution in [0, 0.1) is 0 Å². The van der Waals surface area contributed by atoms with Crippen LogP contribution in [0.15, 0.2) is 34.4 Å². The van der Waals surface area contributed by atoms with Crippen LogP contribution in [0.2, 0.25) is 0 Å². The van der Waals surface area contributed by atoms with Gasteiger partial charge in [0, 0.05) is 18.4 Å². The minimum absolute atomic E-state index is 0.169. The first-order valence-electron chi connectivity index (χ1n) is 10.7. The van der Waals surface area contributed by atoms with Crippen LogP contribution in [0.3, 0.4) is 0 Å². The predicted molar refractivity (Wildman–Crippen MR) is 117 cm³/mol.